The van der Waals surface area contributed by atoms with Crippen LogP contribution in [-0.4, -0.2) is 44.3 Å². The third kappa shape index (κ3) is 5.61. The molecule has 0 bridgehead atoms. The smallest absolute Gasteiger partial charge is 0.0635 e. The van der Waals surface area contributed by atoms with Gasteiger partial charge in [0, 0.05) is 38.3 Å². The second-order valence-electron chi connectivity index (χ2n) is 9.36. The van der Waals surface area contributed by atoms with Crippen molar-refractivity contribution in [3.05, 3.63) is 65.7 Å². The van der Waals surface area contributed by atoms with Crippen molar-refractivity contribution in [3.63, 3.8) is 0 Å². The first-order valence-electron chi connectivity index (χ1n) is 11.0. The SMILES string of the molecule is CCN(CC[C@]1(c2ccccc2)CCOC(C)(C)C1)Cc1ccc(N(C)C)cc1. The lowest BCUT2D eigenvalue weighted by Crippen LogP contribution is -2.45. The highest BCUT2D eigenvalue weighted by Gasteiger charge is 2.41. The zero-order valence-electron chi connectivity index (χ0n) is 18.9. The van der Waals surface area contributed by atoms with Crippen molar-refractivity contribution < 1.29 is 4.74 Å². The summed E-state index contributed by atoms with van der Waals surface area (Å²) in [6.07, 6.45) is 3.36. The normalized spacial score (nSPS) is 21.3. The van der Waals surface area contributed by atoms with Gasteiger partial charge in [-0.2, -0.15) is 0 Å². The molecule has 1 aliphatic rings. The fourth-order valence-corrected chi connectivity index (χ4v) is 4.75. The van der Waals surface area contributed by atoms with Gasteiger partial charge in [-0.25, -0.2) is 0 Å². The number of hydrogen-bond donors (Lipinski definition) is 0. The first kappa shape index (κ1) is 21.9. The average Bonchev–Trinajstić information content (AvgIpc) is 2.71. The minimum atomic E-state index is -0.0624. The second kappa shape index (κ2) is 9.32. The van der Waals surface area contributed by atoms with Crippen LogP contribution in [0.25, 0.3) is 0 Å². The van der Waals surface area contributed by atoms with E-state index >= 15 is 0 Å². The van der Waals surface area contributed by atoms with Gasteiger partial charge < -0.3 is 9.64 Å². The fourth-order valence-electron chi connectivity index (χ4n) is 4.75. The van der Waals surface area contributed by atoms with Crippen LogP contribution in [0.4, 0.5) is 5.69 Å². The van der Waals surface area contributed by atoms with E-state index in [4.69, 9.17) is 4.74 Å². The molecule has 29 heavy (non-hydrogen) atoms. The number of anilines is 1. The average molecular weight is 395 g/mol. The second-order valence-corrected chi connectivity index (χ2v) is 9.36. The molecule has 0 amide bonds. The largest absolute Gasteiger partial charge is 0.378 e. The highest BCUT2D eigenvalue weighted by molar-refractivity contribution is 5.46. The summed E-state index contributed by atoms with van der Waals surface area (Å²) in [5.74, 6) is 0. The van der Waals surface area contributed by atoms with Crippen LogP contribution < -0.4 is 4.90 Å². The summed E-state index contributed by atoms with van der Waals surface area (Å²) in [5.41, 5.74) is 4.25. The summed E-state index contributed by atoms with van der Waals surface area (Å²) in [7, 11) is 4.18. The van der Waals surface area contributed by atoms with E-state index in [0.717, 1.165) is 39.1 Å². The van der Waals surface area contributed by atoms with Crippen molar-refractivity contribution >= 4 is 5.69 Å². The molecule has 1 fully saturated rings. The molecule has 1 saturated heterocycles. The van der Waals surface area contributed by atoms with E-state index in [9.17, 15) is 0 Å². The maximum absolute atomic E-state index is 6.08. The summed E-state index contributed by atoms with van der Waals surface area (Å²) in [6, 6.07) is 20.1. The van der Waals surface area contributed by atoms with Crippen molar-refractivity contribution in [1.82, 2.24) is 4.90 Å². The topological polar surface area (TPSA) is 15.7 Å². The Morgan fingerprint density at radius 3 is 2.24 bits per heavy atom. The highest BCUT2D eigenvalue weighted by atomic mass is 16.5. The van der Waals surface area contributed by atoms with E-state index in [1.165, 1.54) is 23.2 Å². The molecule has 0 saturated carbocycles. The van der Waals surface area contributed by atoms with Gasteiger partial charge in [0.2, 0.25) is 0 Å². The summed E-state index contributed by atoms with van der Waals surface area (Å²) < 4.78 is 6.08. The Kier molecular flexibility index (Phi) is 7.02. The maximum Gasteiger partial charge on any atom is 0.0635 e. The molecule has 2 aromatic carbocycles. The molecule has 0 unspecified atom stereocenters. The van der Waals surface area contributed by atoms with Crippen LogP contribution in [0.1, 0.15) is 51.2 Å². The van der Waals surface area contributed by atoms with Gasteiger partial charge in [0.05, 0.1) is 5.60 Å². The first-order chi connectivity index (χ1) is 13.8. The monoisotopic (exact) mass is 394 g/mol. The predicted molar refractivity (Wildman–Crippen MR) is 124 cm³/mol. The predicted octanol–water partition coefficient (Wildman–Crippen LogP) is 5.49. The Morgan fingerprint density at radius 2 is 1.66 bits per heavy atom. The fraction of sp³-hybridized carbons (Fsp3) is 0.538. The van der Waals surface area contributed by atoms with Crippen molar-refractivity contribution in [2.75, 3.05) is 38.7 Å². The van der Waals surface area contributed by atoms with E-state index in [2.05, 4.69) is 99.3 Å². The molecule has 158 valence electrons. The zero-order chi connectivity index (χ0) is 20.9. The number of nitrogens with zero attached hydrogens (tertiary/aromatic N) is 2. The van der Waals surface area contributed by atoms with E-state index in [0.29, 0.717) is 0 Å². The van der Waals surface area contributed by atoms with Crippen LogP contribution in [0.15, 0.2) is 54.6 Å². The number of benzene rings is 2. The van der Waals surface area contributed by atoms with Crippen LogP contribution in [0.5, 0.6) is 0 Å². The van der Waals surface area contributed by atoms with Crippen molar-refractivity contribution in [2.45, 2.75) is 57.6 Å². The lowest BCUT2D eigenvalue weighted by atomic mass is 9.67. The quantitative estimate of drug-likeness (QED) is 0.589. The zero-order valence-corrected chi connectivity index (χ0v) is 18.9. The molecular formula is C26H38N2O. The Bertz CT molecular complexity index is 754. The first-order valence-corrected chi connectivity index (χ1v) is 11.0. The van der Waals surface area contributed by atoms with Crippen LogP contribution in [0.2, 0.25) is 0 Å². The summed E-state index contributed by atoms with van der Waals surface area (Å²) >= 11 is 0. The van der Waals surface area contributed by atoms with E-state index in [-0.39, 0.29) is 11.0 Å². The van der Waals surface area contributed by atoms with Gasteiger partial charge in [-0.3, -0.25) is 4.90 Å². The van der Waals surface area contributed by atoms with Gasteiger partial charge in [-0.15, -0.1) is 0 Å². The molecule has 0 N–H and O–H groups in total. The summed E-state index contributed by atoms with van der Waals surface area (Å²) in [5, 5.41) is 0. The molecule has 0 aliphatic carbocycles. The Balaban J connectivity index is 1.72. The van der Waals surface area contributed by atoms with Crippen LogP contribution in [0.3, 0.4) is 0 Å². The van der Waals surface area contributed by atoms with E-state index in [1.807, 2.05) is 0 Å². The Labute approximate surface area is 177 Å². The third-order valence-corrected chi connectivity index (χ3v) is 6.44. The number of hydrogen-bond acceptors (Lipinski definition) is 3. The molecular weight excluding hydrogens is 356 g/mol. The summed E-state index contributed by atoms with van der Waals surface area (Å²) in [4.78, 5) is 4.73. The Hall–Kier alpha value is -1.84. The van der Waals surface area contributed by atoms with Crippen LogP contribution in [-0.2, 0) is 16.7 Å². The summed E-state index contributed by atoms with van der Waals surface area (Å²) in [6.45, 7) is 10.8. The minimum absolute atomic E-state index is 0.0624. The van der Waals surface area contributed by atoms with Gasteiger partial charge in [-0.05, 0) is 69.5 Å². The van der Waals surface area contributed by atoms with Crippen LogP contribution >= 0.6 is 0 Å². The molecule has 1 aliphatic heterocycles. The van der Waals surface area contributed by atoms with Gasteiger partial charge in [-0.1, -0.05) is 49.4 Å². The lowest BCUT2D eigenvalue weighted by molar-refractivity contribution is -0.0853. The Morgan fingerprint density at radius 1 is 0.966 bits per heavy atom. The lowest BCUT2D eigenvalue weighted by Gasteiger charge is -2.46. The minimum Gasteiger partial charge on any atom is -0.378 e. The number of ether oxygens (including phenoxy) is 1. The molecule has 0 spiro atoms. The molecule has 3 nitrogen and oxygen atoms in total. The number of rotatable bonds is 8. The third-order valence-electron chi connectivity index (χ3n) is 6.44. The molecule has 2 aromatic rings. The molecule has 3 rings (SSSR count). The molecule has 0 aromatic heterocycles. The molecule has 1 atom stereocenters. The van der Waals surface area contributed by atoms with E-state index < -0.39 is 0 Å². The van der Waals surface area contributed by atoms with Crippen molar-refractivity contribution in [1.29, 1.82) is 0 Å². The highest BCUT2D eigenvalue weighted by Crippen LogP contribution is 2.44. The van der Waals surface area contributed by atoms with Crippen molar-refractivity contribution in [3.8, 4) is 0 Å². The molecule has 0 radical (unpaired) electrons. The maximum atomic E-state index is 6.08. The van der Waals surface area contributed by atoms with Crippen molar-refractivity contribution in [2.24, 2.45) is 0 Å². The van der Waals surface area contributed by atoms with Gasteiger partial charge in [0.15, 0.2) is 0 Å². The van der Waals surface area contributed by atoms with Crippen LogP contribution in [0, 0.1) is 0 Å². The van der Waals surface area contributed by atoms with E-state index in [1.54, 1.807) is 0 Å². The molecule has 1 heterocycles. The van der Waals surface area contributed by atoms with Gasteiger partial charge >= 0.3 is 0 Å². The van der Waals surface area contributed by atoms with Gasteiger partial charge in [0.1, 0.15) is 0 Å². The standard InChI is InChI=1S/C26H38N2O/c1-6-28(20-22-12-14-24(15-13-22)27(4)5)18-16-26(23-10-8-7-9-11-23)17-19-29-25(2,3)21-26/h7-15H,6,16-21H2,1-5H3/t26-/m0/s1. The van der Waals surface area contributed by atoms with Gasteiger partial charge in [0.25, 0.3) is 0 Å². The molecule has 3 heteroatoms.